The molecule has 0 N–H and O–H groups in total. The summed E-state index contributed by atoms with van der Waals surface area (Å²) in [5, 5.41) is 2.67. The molecule has 0 saturated heterocycles. The molecule has 174 valence electrons. The lowest BCUT2D eigenvalue weighted by atomic mass is 9.88. The molecule has 8 heteroatoms. The maximum atomic E-state index is 6.40. The van der Waals surface area contributed by atoms with E-state index in [-0.39, 0.29) is 0 Å². The van der Waals surface area contributed by atoms with Gasteiger partial charge in [0.15, 0.2) is 0 Å². The summed E-state index contributed by atoms with van der Waals surface area (Å²) in [7, 11) is 6.40. The van der Waals surface area contributed by atoms with Gasteiger partial charge in [0, 0.05) is 35.1 Å². The van der Waals surface area contributed by atoms with Crippen LogP contribution in [0.2, 0.25) is 0 Å². The van der Waals surface area contributed by atoms with E-state index in [9.17, 15) is 0 Å². The fraction of sp³-hybridized carbons (Fsp3) is 0.0714. The van der Waals surface area contributed by atoms with Gasteiger partial charge in [-0.1, -0.05) is 57.3 Å². The van der Waals surface area contributed by atoms with Gasteiger partial charge in [-0.25, -0.2) is 0 Å². The molecular formula is C28H14BBr3S4. The number of fused-ring (bicyclic) bond motifs is 6. The second-order valence-electron chi connectivity index (χ2n) is 8.93. The highest BCUT2D eigenvalue weighted by Gasteiger charge is 2.22. The van der Waals surface area contributed by atoms with Crippen LogP contribution in [-0.2, 0) is 0 Å². The summed E-state index contributed by atoms with van der Waals surface area (Å²) >= 11 is 19.1. The van der Waals surface area contributed by atoms with E-state index in [1.54, 1.807) is 0 Å². The average Bonchev–Trinajstić information content (AvgIpc) is 3.54. The summed E-state index contributed by atoms with van der Waals surface area (Å²) in [6.45, 7) is 4.20. The Balaban J connectivity index is 1.43. The molecular weight excluding hydrogens is 715 g/mol. The summed E-state index contributed by atoms with van der Waals surface area (Å²) < 4.78 is 11.5. The van der Waals surface area contributed by atoms with Crippen LogP contribution in [0.4, 0.5) is 0 Å². The molecule has 0 bridgehead atoms. The first-order valence-electron chi connectivity index (χ1n) is 11.1. The highest BCUT2D eigenvalue weighted by Crippen LogP contribution is 2.54. The molecule has 36 heavy (non-hydrogen) atoms. The summed E-state index contributed by atoms with van der Waals surface area (Å²) in [5.74, 6) is 0. The van der Waals surface area contributed by atoms with E-state index in [2.05, 4.69) is 110 Å². The molecule has 0 nitrogen and oxygen atoms in total. The molecule has 0 amide bonds. The van der Waals surface area contributed by atoms with Crippen molar-refractivity contribution in [1.82, 2.24) is 0 Å². The minimum Gasteiger partial charge on any atom is -0.133 e. The molecule has 7 aromatic rings. The third-order valence-corrected chi connectivity index (χ3v) is 14.8. The largest absolute Gasteiger partial charge is 0.133 e. The van der Waals surface area contributed by atoms with Crippen molar-refractivity contribution < 1.29 is 0 Å². The second kappa shape index (κ2) is 8.77. The second-order valence-corrected chi connectivity index (χ2v) is 15.5. The Bertz CT molecular complexity index is 1880. The highest BCUT2D eigenvalue weighted by molar-refractivity contribution is 9.11. The van der Waals surface area contributed by atoms with Gasteiger partial charge in [0.25, 0.3) is 0 Å². The van der Waals surface area contributed by atoms with Crippen molar-refractivity contribution in [2.45, 2.75) is 13.8 Å². The zero-order chi connectivity index (χ0) is 24.9. The molecule has 0 aliphatic carbocycles. The van der Waals surface area contributed by atoms with Crippen LogP contribution in [0.5, 0.6) is 0 Å². The number of hydrogen-bond acceptors (Lipinski definition) is 4. The molecule has 0 saturated carbocycles. The Kier molecular flexibility index (Phi) is 5.86. The van der Waals surface area contributed by atoms with E-state index < -0.39 is 0 Å². The number of thiophene rings is 4. The molecule has 4 aromatic heterocycles. The van der Waals surface area contributed by atoms with Crippen molar-refractivity contribution in [2.75, 3.05) is 0 Å². The summed E-state index contributed by atoms with van der Waals surface area (Å²) in [6.07, 6.45) is 0. The highest BCUT2D eigenvalue weighted by atomic mass is 79.9. The topological polar surface area (TPSA) is 0 Å². The number of halogens is 3. The Hall–Kier alpha value is -0.995. The van der Waals surface area contributed by atoms with Crippen LogP contribution in [0.25, 0.3) is 59.9 Å². The Morgan fingerprint density at radius 2 is 1.08 bits per heavy atom. The lowest BCUT2D eigenvalue weighted by Gasteiger charge is -2.06. The molecule has 2 radical (unpaired) electrons. The summed E-state index contributed by atoms with van der Waals surface area (Å²) in [6, 6.07) is 17.7. The summed E-state index contributed by atoms with van der Waals surface area (Å²) in [5.41, 5.74) is 5.60. The molecule has 0 aliphatic rings. The Morgan fingerprint density at radius 1 is 0.583 bits per heavy atom. The number of aryl methyl sites for hydroxylation is 2. The lowest BCUT2D eigenvalue weighted by molar-refractivity contribution is 1.45. The van der Waals surface area contributed by atoms with Crippen LogP contribution in [0, 0.1) is 13.8 Å². The van der Waals surface area contributed by atoms with Crippen LogP contribution >= 0.6 is 93.1 Å². The maximum absolute atomic E-state index is 6.40. The number of benzene rings is 3. The van der Waals surface area contributed by atoms with Gasteiger partial charge in [-0.15, -0.1) is 45.3 Å². The van der Waals surface area contributed by atoms with Gasteiger partial charge < -0.3 is 0 Å². The van der Waals surface area contributed by atoms with Crippen molar-refractivity contribution in [3.05, 3.63) is 73.1 Å². The van der Waals surface area contributed by atoms with Gasteiger partial charge >= 0.3 is 0 Å². The van der Waals surface area contributed by atoms with E-state index in [0.717, 1.165) is 20.0 Å². The van der Waals surface area contributed by atoms with Crippen LogP contribution in [-0.4, -0.2) is 7.85 Å². The third-order valence-electron chi connectivity index (χ3n) is 6.43. The molecule has 0 unspecified atom stereocenters. The number of hydrogen-bond donors (Lipinski definition) is 0. The monoisotopic (exact) mass is 726 g/mol. The first kappa shape index (κ1) is 24.1. The van der Waals surface area contributed by atoms with Gasteiger partial charge in [-0.3, -0.25) is 0 Å². The smallest absolute Gasteiger partial charge is 0.114 e. The van der Waals surface area contributed by atoms with Crippen molar-refractivity contribution in [1.29, 1.82) is 0 Å². The molecule has 0 fully saturated rings. The predicted octanol–water partition coefficient (Wildman–Crippen LogP) is 11.6. The Labute approximate surface area is 250 Å². The van der Waals surface area contributed by atoms with Gasteiger partial charge in [0.05, 0.1) is 32.6 Å². The fourth-order valence-corrected chi connectivity index (χ4v) is 12.8. The minimum atomic E-state index is 0.829. The van der Waals surface area contributed by atoms with E-state index in [1.807, 2.05) is 45.3 Å². The van der Waals surface area contributed by atoms with Gasteiger partial charge in [-0.05, 0) is 75.0 Å². The van der Waals surface area contributed by atoms with Gasteiger partial charge in [-0.2, -0.15) is 0 Å². The molecule has 0 aliphatic heterocycles. The predicted molar refractivity (Wildman–Crippen MR) is 177 cm³/mol. The number of rotatable bonds is 2. The van der Waals surface area contributed by atoms with Crippen molar-refractivity contribution in [2.24, 2.45) is 0 Å². The van der Waals surface area contributed by atoms with Crippen LogP contribution in [0.15, 0.2) is 61.9 Å². The van der Waals surface area contributed by atoms with Crippen LogP contribution in [0.3, 0.4) is 0 Å². The summed E-state index contributed by atoms with van der Waals surface area (Å²) in [4.78, 5) is 2.49. The molecule has 0 spiro atoms. The molecule has 0 atom stereocenters. The third kappa shape index (κ3) is 3.59. The quantitative estimate of drug-likeness (QED) is 0.156. The van der Waals surface area contributed by atoms with E-state index >= 15 is 0 Å². The first-order valence-corrected chi connectivity index (χ1v) is 16.8. The zero-order valence-electron chi connectivity index (χ0n) is 19.0. The minimum absolute atomic E-state index is 0.829. The lowest BCUT2D eigenvalue weighted by Crippen LogP contribution is -2.06. The molecule has 4 heterocycles. The van der Waals surface area contributed by atoms with Crippen molar-refractivity contribution in [3.8, 4) is 20.9 Å². The fourth-order valence-electron chi connectivity index (χ4n) is 4.67. The first-order chi connectivity index (χ1) is 17.3. The Morgan fingerprint density at radius 3 is 1.61 bits per heavy atom. The standard InChI is InChI=1S/C28H14BBr3S4/c1-11-3-5-13(17(29)7-11)23-21(31)27-25(35-23)15-9-20-16(10-19(15)33-27)26-28(34-20)22(32)24(36-26)14-6-4-12(2)8-18(14)30/h3-10H,1-2H3. The van der Waals surface area contributed by atoms with Crippen molar-refractivity contribution in [3.63, 3.8) is 0 Å². The van der Waals surface area contributed by atoms with Gasteiger partial charge in [0.1, 0.15) is 7.85 Å². The van der Waals surface area contributed by atoms with E-state index in [4.69, 9.17) is 7.85 Å². The normalized spacial score (nSPS) is 12.1. The van der Waals surface area contributed by atoms with E-state index in [0.29, 0.717) is 0 Å². The SMILES string of the molecule is [B]c1cc(C)ccc1-c1sc2c(sc3cc4c(cc32)sc2c(Br)c(-c3ccc(C)cc3Br)sc24)c1Br. The van der Waals surface area contributed by atoms with Crippen molar-refractivity contribution >= 4 is 145 Å². The van der Waals surface area contributed by atoms with Gasteiger partial charge in [0.2, 0.25) is 0 Å². The van der Waals surface area contributed by atoms with Crippen LogP contribution in [0.1, 0.15) is 11.1 Å². The van der Waals surface area contributed by atoms with E-state index in [1.165, 1.54) is 69.9 Å². The zero-order valence-corrected chi connectivity index (χ0v) is 27.0. The van der Waals surface area contributed by atoms with Crippen LogP contribution < -0.4 is 5.46 Å². The molecule has 3 aromatic carbocycles. The molecule has 7 rings (SSSR count). The average molecular weight is 729 g/mol. The maximum Gasteiger partial charge on any atom is 0.114 e.